The van der Waals surface area contributed by atoms with Crippen molar-refractivity contribution in [3.63, 3.8) is 0 Å². The van der Waals surface area contributed by atoms with E-state index in [1.54, 1.807) is 30.3 Å². The van der Waals surface area contributed by atoms with Gasteiger partial charge in [-0.1, -0.05) is 35.0 Å². The van der Waals surface area contributed by atoms with Gasteiger partial charge in [0.15, 0.2) is 5.78 Å². The van der Waals surface area contributed by atoms with Crippen LogP contribution in [0.4, 0.5) is 4.39 Å². The van der Waals surface area contributed by atoms with Crippen molar-refractivity contribution in [2.45, 2.75) is 57.5 Å². The molecule has 1 aliphatic rings. The van der Waals surface area contributed by atoms with Crippen molar-refractivity contribution in [2.24, 2.45) is 0 Å². The van der Waals surface area contributed by atoms with E-state index in [0.717, 1.165) is 15.7 Å². The van der Waals surface area contributed by atoms with Gasteiger partial charge in [0.1, 0.15) is 11.9 Å². The van der Waals surface area contributed by atoms with Crippen molar-refractivity contribution in [3.8, 4) is 0 Å². The number of hydrogen-bond donors (Lipinski definition) is 2. The number of Topliss-reactive ketones (excluding diaryl/α,β-unsaturated/α-hetero) is 1. The second kappa shape index (κ2) is 10.1. The Morgan fingerprint density at radius 3 is 2.59 bits per heavy atom. The summed E-state index contributed by atoms with van der Waals surface area (Å²) in [7, 11) is 0. The van der Waals surface area contributed by atoms with E-state index >= 15 is 0 Å². The normalized spacial score (nSPS) is 16.1. The molecule has 1 unspecified atom stereocenters. The van der Waals surface area contributed by atoms with Gasteiger partial charge in [0.2, 0.25) is 5.91 Å². The maximum Gasteiger partial charge on any atom is 0.326 e. The minimum absolute atomic E-state index is 0.0889. The van der Waals surface area contributed by atoms with E-state index in [4.69, 9.17) is 0 Å². The molecule has 2 N–H and O–H groups in total. The maximum absolute atomic E-state index is 14.1. The lowest BCUT2D eigenvalue weighted by atomic mass is 9.91. The molecule has 6 nitrogen and oxygen atoms in total. The molecule has 178 valence electrons. The molecule has 2 atom stereocenters. The van der Waals surface area contributed by atoms with Gasteiger partial charge in [-0.2, -0.15) is 0 Å². The van der Waals surface area contributed by atoms with Gasteiger partial charge < -0.3 is 15.0 Å². The number of aromatic nitrogens is 1. The SMILES string of the molecule is CCC(C(=O)O)n1c2c(c3cc(F)ccc31)C[C@@H](NC(=O)CCC(=O)c1ccc(Br)cc1)CC2. The molecule has 1 amide bonds. The molecular formula is C26H26BrFN2O4. The summed E-state index contributed by atoms with van der Waals surface area (Å²) in [6, 6.07) is 10.6. The summed E-state index contributed by atoms with van der Waals surface area (Å²) >= 11 is 3.34. The third-order valence-corrected chi connectivity index (χ3v) is 6.99. The summed E-state index contributed by atoms with van der Waals surface area (Å²) in [5.74, 6) is -1.59. The molecule has 1 aromatic heterocycles. The van der Waals surface area contributed by atoms with Crippen molar-refractivity contribution < 1.29 is 23.9 Å². The number of nitrogens with one attached hydrogen (secondary N) is 1. The molecule has 34 heavy (non-hydrogen) atoms. The number of halogens is 2. The van der Waals surface area contributed by atoms with Crippen LogP contribution in [-0.4, -0.2) is 33.4 Å². The molecule has 0 radical (unpaired) electrons. The van der Waals surface area contributed by atoms with Crippen LogP contribution in [0, 0.1) is 5.82 Å². The standard InChI is InChI=1S/C26H26BrFN2O4/c1-2-21(26(33)34)30-22-9-7-17(28)13-19(22)20-14-18(8-10-23(20)30)29-25(32)12-11-24(31)15-3-5-16(27)6-4-15/h3-7,9,13,18,21H,2,8,10-12,14H2,1H3,(H,29,32)(H,33,34)/t18-,21?/m0/s1. The average molecular weight is 529 g/mol. The molecule has 8 heteroatoms. The Bertz CT molecular complexity index is 1250. The minimum Gasteiger partial charge on any atom is -0.480 e. The van der Waals surface area contributed by atoms with Crippen LogP contribution in [0.5, 0.6) is 0 Å². The number of nitrogens with zero attached hydrogens (tertiary/aromatic N) is 1. The first-order chi connectivity index (χ1) is 16.3. The van der Waals surface area contributed by atoms with Crippen LogP contribution in [0.1, 0.15) is 60.3 Å². The highest BCUT2D eigenvalue weighted by molar-refractivity contribution is 9.10. The van der Waals surface area contributed by atoms with Crippen LogP contribution in [0.2, 0.25) is 0 Å². The second-order valence-corrected chi connectivity index (χ2v) is 9.57. The number of hydrogen-bond acceptors (Lipinski definition) is 3. The van der Waals surface area contributed by atoms with Crippen molar-refractivity contribution in [2.75, 3.05) is 0 Å². The van der Waals surface area contributed by atoms with Gasteiger partial charge in [-0.05, 0) is 61.6 Å². The Hall–Kier alpha value is -3.00. The maximum atomic E-state index is 14.1. The van der Waals surface area contributed by atoms with E-state index in [1.807, 2.05) is 11.5 Å². The lowest BCUT2D eigenvalue weighted by Crippen LogP contribution is -2.39. The number of amides is 1. The van der Waals surface area contributed by atoms with E-state index in [-0.39, 0.29) is 36.4 Å². The lowest BCUT2D eigenvalue weighted by molar-refractivity contribution is -0.141. The number of fused-ring (bicyclic) bond motifs is 3. The summed E-state index contributed by atoms with van der Waals surface area (Å²) in [6.45, 7) is 1.82. The monoisotopic (exact) mass is 528 g/mol. The van der Waals surface area contributed by atoms with Crippen LogP contribution >= 0.6 is 15.9 Å². The summed E-state index contributed by atoms with van der Waals surface area (Å²) in [5.41, 5.74) is 3.05. The molecule has 3 aromatic rings. The van der Waals surface area contributed by atoms with E-state index in [1.165, 1.54) is 12.1 Å². The summed E-state index contributed by atoms with van der Waals surface area (Å²) in [6.07, 6.45) is 2.34. The van der Waals surface area contributed by atoms with E-state index in [0.29, 0.717) is 42.1 Å². The molecule has 0 fully saturated rings. The third-order valence-electron chi connectivity index (χ3n) is 6.46. The number of rotatable bonds is 8. The van der Waals surface area contributed by atoms with Crippen LogP contribution < -0.4 is 5.32 Å². The van der Waals surface area contributed by atoms with Crippen LogP contribution in [0.25, 0.3) is 10.9 Å². The quantitative estimate of drug-likeness (QED) is 0.392. The second-order valence-electron chi connectivity index (χ2n) is 8.66. The molecular weight excluding hydrogens is 503 g/mol. The fourth-order valence-corrected chi connectivity index (χ4v) is 5.08. The molecule has 4 rings (SSSR count). The molecule has 0 bridgehead atoms. The van der Waals surface area contributed by atoms with Gasteiger partial charge in [-0.25, -0.2) is 9.18 Å². The van der Waals surface area contributed by atoms with Gasteiger partial charge in [-0.15, -0.1) is 0 Å². The Balaban J connectivity index is 1.48. The predicted octanol–water partition coefficient (Wildman–Crippen LogP) is 5.22. The largest absolute Gasteiger partial charge is 0.480 e. The molecule has 0 spiro atoms. The summed E-state index contributed by atoms with van der Waals surface area (Å²) < 4.78 is 16.8. The van der Waals surface area contributed by atoms with E-state index < -0.39 is 12.0 Å². The number of carbonyl (C=O) groups excluding carboxylic acids is 2. The Morgan fingerprint density at radius 2 is 1.91 bits per heavy atom. The zero-order chi connectivity index (χ0) is 24.4. The third kappa shape index (κ3) is 4.92. The molecule has 0 saturated heterocycles. The van der Waals surface area contributed by atoms with Crippen LogP contribution in [-0.2, 0) is 22.4 Å². The van der Waals surface area contributed by atoms with Gasteiger partial charge in [0.25, 0.3) is 0 Å². The van der Waals surface area contributed by atoms with Crippen molar-refractivity contribution in [3.05, 3.63) is 69.6 Å². The molecule has 0 aliphatic heterocycles. The van der Waals surface area contributed by atoms with Crippen LogP contribution in [0.15, 0.2) is 46.9 Å². The minimum atomic E-state index is -0.919. The number of benzene rings is 2. The number of ketones is 1. The zero-order valence-corrected chi connectivity index (χ0v) is 20.4. The van der Waals surface area contributed by atoms with Crippen molar-refractivity contribution >= 4 is 44.5 Å². The van der Waals surface area contributed by atoms with Gasteiger partial charge in [0, 0.05) is 45.5 Å². The summed E-state index contributed by atoms with van der Waals surface area (Å²) in [5, 5.41) is 13.5. The highest BCUT2D eigenvalue weighted by Crippen LogP contribution is 2.36. The lowest BCUT2D eigenvalue weighted by Gasteiger charge is -2.26. The Kier molecular flexibility index (Phi) is 7.16. The van der Waals surface area contributed by atoms with Crippen molar-refractivity contribution in [1.29, 1.82) is 0 Å². The van der Waals surface area contributed by atoms with E-state index in [2.05, 4.69) is 21.2 Å². The predicted molar refractivity (Wildman–Crippen MR) is 131 cm³/mol. The van der Waals surface area contributed by atoms with E-state index in [9.17, 15) is 23.9 Å². The Morgan fingerprint density at radius 1 is 1.18 bits per heavy atom. The first-order valence-corrected chi connectivity index (χ1v) is 12.2. The van der Waals surface area contributed by atoms with Gasteiger partial charge >= 0.3 is 5.97 Å². The highest BCUT2D eigenvalue weighted by Gasteiger charge is 2.31. The topological polar surface area (TPSA) is 88.4 Å². The molecule has 0 saturated carbocycles. The van der Waals surface area contributed by atoms with Crippen molar-refractivity contribution in [1.82, 2.24) is 9.88 Å². The highest BCUT2D eigenvalue weighted by atomic mass is 79.9. The molecule has 1 heterocycles. The smallest absolute Gasteiger partial charge is 0.326 e. The first-order valence-electron chi connectivity index (χ1n) is 11.4. The number of carboxylic acids is 1. The zero-order valence-electron chi connectivity index (χ0n) is 18.8. The number of carbonyl (C=O) groups is 3. The number of carboxylic acid groups (broad SMARTS) is 1. The fourth-order valence-electron chi connectivity index (χ4n) is 4.82. The summed E-state index contributed by atoms with van der Waals surface area (Å²) in [4.78, 5) is 36.8. The van der Waals surface area contributed by atoms with Gasteiger partial charge in [0.05, 0.1) is 0 Å². The van der Waals surface area contributed by atoms with Crippen LogP contribution in [0.3, 0.4) is 0 Å². The molecule has 2 aromatic carbocycles. The Labute approximate surface area is 205 Å². The first kappa shape index (κ1) is 24.1. The fraction of sp³-hybridized carbons (Fsp3) is 0.346. The molecule has 1 aliphatic carbocycles. The average Bonchev–Trinajstić information content (AvgIpc) is 3.11. The number of aliphatic carboxylic acids is 1. The van der Waals surface area contributed by atoms with Gasteiger partial charge in [-0.3, -0.25) is 9.59 Å².